The van der Waals surface area contributed by atoms with E-state index in [1.807, 2.05) is 42.5 Å². The Balaban J connectivity index is 1.46. The summed E-state index contributed by atoms with van der Waals surface area (Å²) in [5, 5.41) is 15.4. The third-order valence-electron chi connectivity index (χ3n) is 5.68. The molecular formula is C26H20FN5O2. The number of fused-ring (bicyclic) bond motifs is 2. The highest BCUT2D eigenvalue weighted by molar-refractivity contribution is 6.06. The van der Waals surface area contributed by atoms with Crippen molar-refractivity contribution in [2.24, 2.45) is 0 Å². The molecule has 5 aromatic rings. The maximum Gasteiger partial charge on any atom is 0.254 e. The van der Waals surface area contributed by atoms with Crippen molar-refractivity contribution in [3.8, 4) is 0 Å². The fraction of sp³-hybridized carbons (Fsp3) is 0.0769. The number of pyridine rings is 1. The molecule has 0 aliphatic heterocycles. The molecule has 3 aromatic carbocycles. The van der Waals surface area contributed by atoms with Gasteiger partial charge in [0.05, 0.1) is 23.4 Å². The first-order chi connectivity index (χ1) is 16.6. The fourth-order valence-electron chi connectivity index (χ4n) is 3.90. The van der Waals surface area contributed by atoms with Crippen LogP contribution in [-0.2, 0) is 0 Å². The van der Waals surface area contributed by atoms with Crippen LogP contribution in [0.4, 0.5) is 4.39 Å². The summed E-state index contributed by atoms with van der Waals surface area (Å²) in [6, 6.07) is 17.4. The summed E-state index contributed by atoms with van der Waals surface area (Å²) in [7, 11) is 0. The lowest BCUT2D eigenvalue weighted by Crippen LogP contribution is -2.38. The van der Waals surface area contributed by atoms with Crippen LogP contribution in [0.15, 0.2) is 85.5 Å². The van der Waals surface area contributed by atoms with Crippen molar-refractivity contribution in [3.63, 3.8) is 0 Å². The van der Waals surface area contributed by atoms with Crippen LogP contribution in [0.3, 0.4) is 0 Å². The monoisotopic (exact) mass is 453 g/mol. The van der Waals surface area contributed by atoms with Crippen molar-refractivity contribution < 1.29 is 14.0 Å². The number of nitrogens with zero attached hydrogens (tertiary/aromatic N) is 2. The molecule has 0 saturated heterocycles. The zero-order valence-electron chi connectivity index (χ0n) is 18.0. The van der Waals surface area contributed by atoms with Crippen LogP contribution >= 0.6 is 0 Å². The summed E-state index contributed by atoms with van der Waals surface area (Å²) in [4.78, 5) is 29.9. The summed E-state index contributed by atoms with van der Waals surface area (Å²) in [5.74, 6) is -1.17. The van der Waals surface area contributed by atoms with E-state index < -0.39 is 17.8 Å². The molecule has 2 amide bonds. The van der Waals surface area contributed by atoms with E-state index in [1.165, 1.54) is 30.7 Å². The van der Waals surface area contributed by atoms with Crippen LogP contribution in [0, 0.1) is 5.82 Å². The lowest BCUT2D eigenvalue weighted by atomic mass is 10.0. The van der Waals surface area contributed by atoms with E-state index in [2.05, 4.69) is 25.8 Å². The molecule has 0 aliphatic rings. The van der Waals surface area contributed by atoms with Crippen LogP contribution in [0.2, 0.25) is 0 Å². The maximum absolute atomic E-state index is 13.9. The molecule has 0 aliphatic carbocycles. The van der Waals surface area contributed by atoms with Crippen molar-refractivity contribution in [2.45, 2.75) is 6.04 Å². The van der Waals surface area contributed by atoms with Gasteiger partial charge in [0.1, 0.15) is 5.82 Å². The van der Waals surface area contributed by atoms with Crippen LogP contribution < -0.4 is 10.6 Å². The lowest BCUT2D eigenvalue weighted by Gasteiger charge is -2.21. The van der Waals surface area contributed by atoms with Gasteiger partial charge < -0.3 is 10.6 Å². The summed E-state index contributed by atoms with van der Waals surface area (Å²) < 4.78 is 13.9. The first-order valence-corrected chi connectivity index (χ1v) is 10.7. The number of halogens is 1. The Morgan fingerprint density at radius 3 is 2.56 bits per heavy atom. The van der Waals surface area contributed by atoms with Crippen molar-refractivity contribution >= 4 is 33.4 Å². The van der Waals surface area contributed by atoms with Gasteiger partial charge in [0.15, 0.2) is 0 Å². The Hall–Kier alpha value is -4.59. The highest BCUT2D eigenvalue weighted by Crippen LogP contribution is 2.23. The number of hydrogen-bond donors (Lipinski definition) is 3. The van der Waals surface area contributed by atoms with Crippen molar-refractivity contribution in [2.75, 3.05) is 6.54 Å². The van der Waals surface area contributed by atoms with Gasteiger partial charge in [0, 0.05) is 35.9 Å². The standard InChI is InChI=1S/C26H20FN5O2/c27-21-8-7-19-11-28-14-23(22(19)10-21)26(34)32-24(15-29-25(33)20-12-30-31-13-20)18-6-5-16-3-1-2-4-17(16)9-18/h1-14,24H,15H2,(H,29,33)(H,30,31)(H,32,34). The number of benzene rings is 3. The van der Waals surface area contributed by atoms with Gasteiger partial charge in [-0.1, -0.05) is 36.4 Å². The molecule has 0 spiro atoms. The van der Waals surface area contributed by atoms with Gasteiger partial charge in [-0.3, -0.25) is 19.7 Å². The van der Waals surface area contributed by atoms with E-state index in [1.54, 1.807) is 12.3 Å². The highest BCUT2D eigenvalue weighted by atomic mass is 19.1. The van der Waals surface area contributed by atoms with E-state index in [9.17, 15) is 14.0 Å². The molecule has 8 heteroatoms. The number of nitrogens with one attached hydrogen (secondary N) is 3. The third kappa shape index (κ3) is 4.33. The van der Waals surface area contributed by atoms with Crippen LogP contribution in [0.1, 0.15) is 32.3 Å². The fourth-order valence-corrected chi connectivity index (χ4v) is 3.90. The molecule has 34 heavy (non-hydrogen) atoms. The third-order valence-corrected chi connectivity index (χ3v) is 5.68. The van der Waals surface area contributed by atoms with Gasteiger partial charge >= 0.3 is 0 Å². The molecule has 168 valence electrons. The van der Waals surface area contributed by atoms with Crippen LogP contribution in [0.5, 0.6) is 0 Å². The normalized spacial score (nSPS) is 11.9. The first-order valence-electron chi connectivity index (χ1n) is 10.7. The number of H-pyrrole nitrogens is 1. The minimum absolute atomic E-state index is 0.140. The molecule has 2 aromatic heterocycles. The summed E-state index contributed by atoms with van der Waals surface area (Å²) in [5.41, 5.74) is 1.46. The van der Waals surface area contributed by atoms with E-state index in [4.69, 9.17) is 0 Å². The van der Waals surface area contributed by atoms with Gasteiger partial charge in [-0.25, -0.2) is 4.39 Å². The molecule has 1 atom stereocenters. The number of carbonyl (C=O) groups excluding carboxylic acids is 2. The molecule has 2 heterocycles. The van der Waals surface area contributed by atoms with Gasteiger partial charge in [0.2, 0.25) is 0 Å². The van der Waals surface area contributed by atoms with Crippen LogP contribution in [0.25, 0.3) is 21.5 Å². The van der Waals surface area contributed by atoms with Gasteiger partial charge in [-0.15, -0.1) is 0 Å². The Kier molecular flexibility index (Phi) is 5.70. The van der Waals surface area contributed by atoms with Crippen LogP contribution in [-0.4, -0.2) is 33.5 Å². The molecule has 1 unspecified atom stereocenters. The van der Waals surface area contributed by atoms with E-state index in [-0.39, 0.29) is 18.0 Å². The summed E-state index contributed by atoms with van der Waals surface area (Å²) in [6.07, 6.45) is 5.92. The molecule has 7 nitrogen and oxygen atoms in total. The highest BCUT2D eigenvalue weighted by Gasteiger charge is 2.20. The predicted molar refractivity (Wildman–Crippen MR) is 127 cm³/mol. The Labute approximate surface area is 194 Å². The zero-order chi connectivity index (χ0) is 23.5. The molecule has 3 N–H and O–H groups in total. The SMILES string of the molecule is O=C(NCC(NC(=O)c1cncc2ccc(F)cc12)c1ccc2ccccc2c1)c1cn[nH]c1. The zero-order valence-corrected chi connectivity index (χ0v) is 18.0. The second kappa shape index (κ2) is 9.11. The van der Waals surface area contributed by atoms with Gasteiger partial charge in [0.25, 0.3) is 11.8 Å². The molecule has 0 radical (unpaired) electrons. The molecule has 5 rings (SSSR count). The number of hydrogen-bond acceptors (Lipinski definition) is 4. The first kappa shape index (κ1) is 21.3. The maximum atomic E-state index is 13.9. The van der Waals surface area contributed by atoms with E-state index in [0.29, 0.717) is 16.3 Å². The summed E-state index contributed by atoms with van der Waals surface area (Å²) >= 11 is 0. The van der Waals surface area contributed by atoms with E-state index >= 15 is 0 Å². The average molecular weight is 453 g/mol. The Morgan fingerprint density at radius 1 is 0.912 bits per heavy atom. The average Bonchev–Trinajstić information content (AvgIpc) is 3.41. The quantitative estimate of drug-likeness (QED) is 0.360. The largest absolute Gasteiger partial charge is 0.350 e. The van der Waals surface area contributed by atoms with Crippen molar-refractivity contribution in [3.05, 3.63) is 108 Å². The predicted octanol–water partition coefficient (Wildman–Crippen LogP) is 4.15. The summed E-state index contributed by atoms with van der Waals surface area (Å²) in [6.45, 7) is 0.140. The number of aromatic amines is 1. The number of carbonyl (C=O) groups is 2. The Bertz CT molecular complexity index is 1500. The second-order valence-corrected chi connectivity index (χ2v) is 7.88. The number of amides is 2. The minimum atomic E-state index is -0.545. The van der Waals surface area contributed by atoms with Gasteiger partial charge in [-0.2, -0.15) is 5.10 Å². The lowest BCUT2D eigenvalue weighted by molar-refractivity contribution is 0.0909. The number of aromatic nitrogens is 3. The second-order valence-electron chi connectivity index (χ2n) is 7.88. The van der Waals surface area contributed by atoms with Crippen molar-refractivity contribution in [1.29, 1.82) is 0 Å². The molecule has 0 saturated carbocycles. The smallest absolute Gasteiger partial charge is 0.254 e. The molecular weight excluding hydrogens is 433 g/mol. The van der Waals surface area contributed by atoms with Crippen molar-refractivity contribution in [1.82, 2.24) is 25.8 Å². The Morgan fingerprint density at radius 2 is 1.74 bits per heavy atom. The minimum Gasteiger partial charge on any atom is -0.350 e. The topological polar surface area (TPSA) is 99.8 Å². The number of rotatable bonds is 6. The molecule has 0 fully saturated rings. The van der Waals surface area contributed by atoms with Gasteiger partial charge in [-0.05, 0) is 40.6 Å². The van der Waals surface area contributed by atoms with E-state index in [0.717, 1.165) is 16.3 Å². The molecule has 0 bridgehead atoms.